The molecular formula is C22H27N7O. The fraction of sp³-hybridized carbons (Fsp3) is 0.545. The minimum Gasteiger partial charge on any atom is -0.356 e. The predicted molar refractivity (Wildman–Crippen MR) is 113 cm³/mol. The third-order valence-corrected chi connectivity index (χ3v) is 7.01. The number of piperidine rings is 1. The number of carbonyl (C=O) groups is 1. The third-order valence-electron chi connectivity index (χ3n) is 7.01. The summed E-state index contributed by atoms with van der Waals surface area (Å²) < 4.78 is 2.14. The lowest BCUT2D eigenvalue weighted by Gasteiger charge is -2.34. The van der Waals surface area contributed by atoms with Gasteiger partial charge in [0.05, 0.1) is 17.8 Å². The zero-order valence-corrected chi connectivity index (χ0v) is 17.1. The number of H-pyrrole nitrogens is 1. The Morgan fingerprint density at radius 3 is 2.73 bits per heavy atom. The maximum Gasteiger partial charge on any atom is 0.227 e. The van der Waals surface area contributed by atoms with Crippen LogP contribution in [-0.4, -0.2) is 61.5 Å². The molecule has 1 aliphatic carbocycles. The van der Waals surface area contributed by atoms with Crippen LogP contribution in [-0.2, 0) is 10.3 Å². The summed E-state index contributed by atoms with van der Waals surface area (Å²) in [6.07, 6.45) is 12.1. The molecule has 2 saturated heterocycles. The van der Waals surface area contributed by atoms with E-state index in [1.54, 1.807) is 0 Å². The van der Waals surface area contributed by atoms with E-state index in [0.29, 0.717) is 5.91 Å². The van der Waals surface area contributed by atoms with E-state index in [2.05, 4.69) is 36.5 Å². The number of carbonyl (C=O) groups excluding carboxylic acids is 1. The molecule has 8 heteroatoms. The van der Waals surface area contributed by atoms with E-state index in [9.17, 15) is 4.79 Å². The lowest BCUT2D eigenvalue weighted by Crippen LogP contribution is -2.44. The summed E-state index contributed by atoms with van der Waals surface area (Å²) in [7, 11) is 0. The standard InChI is InChI=1S/C22H27N7O/c30-20(27-10-1-2-11-27)16-4-3-12-28(14-16)18-6-5-17-19(25-18)26-21(24-17)22(7-8-22)29-13-9-23-15-29/h5-6,9,13,15-16H,1-4,7-8,10-12,14H2,(H,24,25,26). The van der Waals surface area contributed by atoms with E-state index >= 15 is 0 Å². The summed E-state index contributed by atoms with van der Waals surface area (Å²) in [6.45, 7) is 3.55. The number of pyridine rings is 1. The van der Waals surface area contributed by atoms with Crippen molar-refractivity contribution in [3.8, 4) is 0 Å². The Morgan fingerprint density at radius 2 is 1.97 bits per heavy atom. The molecule has 3 aromatic heterocycles. The molecule has 1 amide bonds. The van der Waals surface area contributed by atoms with Crippen molar-refractivity contribution in [2.45, 2.75) is 44.1 Å². The van der Waals surface area contributed by atoms with Gasteiger partial charge in [-0.25, -0.2) is 15.0 Å². The average Bonchev–Trinajstić information content (AvgIpc) is 3.24. The summed E-state index contributed by atoms with van der Waals surface area (Å²) in [5, 5.41) is 0. The van der Waals surface area contributed by atoms with Gasteiger partial charge in [0, 0.05) is 38.6 Å². The number of rotatable bonds is 4. The van der Waals surface area contributed by atoms with Crippen LogP contribution < -0.4 is 4.90 Å². The molecule has 8 nitrogen and oxygen atoms in total. The third kappa shape index (κ3) is 2.88. The normalized spacial score (nSPS) is 23.3. The van der Waals surface area contributed by atoms with Gasteiger partial charge in [0.25, 0.3) is 0 Å². The number of amides is 1. The number of aromatic amines is 1. The van der Waals surface area contributed by atoms with Gasteiger partial charge < -0.3 is 19.4 Å². The topological polar surface area (TPSA) is 82.9 Å². The Kier molecular flexibility index (Phi) is 4.07. The van der Waals surface area contributed by atoms with Gasteiger partial charge in [-0.15, -0.1) is 0 Å². The van der Waals surface area contributed by atoms with Crippen molar-refractivity contribution in [1.29, 1.82) is 0 Å². The monoisotopic (exact) mass is 405 g/mol. The Hall–Kier alpha value is -2.90. The lowest BCUT2D eigenvalue weighted by molar-refractivity contribution is -0.134. The average molecular weight is 406 g/mol. The van der Waals surface area contributed by atoms with Gasteiger partial charge in [0.15, 0.2) is 5.65 Å². The number of aromatic nitrogens is 5. The first-order valence-electron chi connectivity index (χ1n) is 11.1. The van der Waals surface area contributed by atoms with Crippen molar-refractivity contribution >= 4 is 22.9 Å². The SMILES string of the molecule is O=C(C1CCCN(c2ccc3[nH]c(C4(n5ccnc5)CC4)nc3n2)C1)N1CCCC1. The highest BCUT2D eigenvalue weighted by molar-refractivity contribution is 5.80. The molecule has 5 heterocycles. The molecule has 0 bridgehead atoms. The van der Waals surface area contributed by atoms with Gasteiger partial charge in [0.2, 0.25) is 5.91 Å². The zero-order chi connectivity index (χ0) is 20.1. The van der Waals surface area contributed by atoms with Crippen LogP contribution in [0.3, 0.4) is 0 Å². The molecule has 1 N–H and O–H groups in total. The maximum atomic E-state index is 12.9. The van der Waals surface area contributed by atoms with Crippen LogP contribution in [0.2, 0.25) is 0 Å². The smallest absolute Gasteiger partial charge is 0.227 e. The molecule has 1 unspecified atom stereocenters. The van der Waals surface area contributed by atoms with Crippen molar-refractivity contribution in [3.05, 3.63) is 36.7 Å². The maximum absolute atomic E-state index is 12.9. The fourth-order valence-electron chi connectivity index (χ4n) is 5.11. The Bertz CT molecular complexity index is 1060. The summed E-state index contributed by atoms with van der Waals surface area (Å²) in [5.74, 6) is 2.30. The van der Waals surface area contributed by atoms with Crippen LogP contribution in [0.5, 0.6) is 0 Å². The molecule has 3 aromatic rings. The second-order valence-electron chi connectivity index (χ2n) is 8.95. The fourth-order valence-corrected chi connectivity index (χ4v) is 5.11. The molecule has 1 atom stereocenters. The molecular weight excluding hydrogens is 378 g/mol. The number of anilines is 1. The Labute approximate surface area is 175 Å². The van der Waals surface area contributed by atoms with Crippen LogP contribution in [0, 0.1) is 5.92 Å². The minimum atomic E-state index is -0.101. The number of imidazole rings is 2. The highest BCUT2D eigenvalue weighted by Crippen LogP contribution is 2.48. The van der Waals surface area contributed by atoms with E-state index in [1.165, 1.54) is 0 Å². The van der Waals surface area contributed by atoms with Gasteiger partial charge in [-0.05, 0) is 50.7 Å². The van der Waals surface area contributed by atoms with Crippen molar-refractivity contribution in [2.24, 2.45) is 5.92 Å². The number of nitrogens with one attached hydrogen (secondary N) is 1. The summed E-state index contributed by atoms with van der Waals surface area (Å²) >= 11 is 0. The summed E-state index contributed by atoms with van der Waals surface area (Å²) in [6, 6.07) is 4.13. The molecule has 6 rings (SSSR count). The van der Waals surface area contributed by atoms with Crippen LogP contribution in [0.1, 0.15) is 44.3 Å². The lowest BCUT2D eigenvalue weighted by atomic mass is 9.96. The first-order valence-corrected chi connectivity index (χ1v) is 11.1. The molecule has 30 heavy (non-hydrogen) atoms. The molecule has 3 fully saturated rings. The van der Waals surface area contributed by atoms with E-state index in [1.807, 2.05) is 18.7 Å². The minimum absolute atomic E-state index is 0.0834. The zero-order valence-electron chi connectivity index (χ0n) is 17.1. The summed E-state index contributed by atoms with van der Waals surface area (Å²) in [4.78, 5) is 34.6. The quantitative estimate of drug-likeness (QED) is 0.721. The summed E-state index contributed by atoms with van der Waals surface area (Å²) in [5.41, 5.74) is 1.61. The molecule has 0 radical (unpaired) electrons. The van der Waals surface area contributed by atoms with E-state index in [-0.39, 0.29) is 11.5 Å². The predicted octanol–water partition coefficient (Wildman–Crippen LogP) is 2.53. The van der Waals surface area contributed by atoms with E-state index < -0.39 is 0 Å². The number of likely N-dealkylation sites (tertiary alicyclic amines) is 1. The van der Waals surface area contributed by atoms with Crippen LogP contribution in [0.15, 0.2) is 30.9 Å². The van der Waals surface area contributed by atoms with Gasteiger partial charge in [-0.2, -0.15) is 0 Å². The number of nitrogens with zero attached hydrogens (tertiary/aromatic N) is 6. The van der Waals surface area contributed by atoms with Crippen LogP contribution in [0.25, 0.3) is 11.2 Å². The highest BCUT2D eigenvalue weighted by Gasteiger charge is 2.49. The Morgan fingerprint density at radius 1 is 1.10 bits per heavy atom. The van der Waals surface area contributed by atoms with Gasteiger partial charge in [-0.1, -0.05) is 0 Å². The van der Waals surface area contributed by atoms with Crippen LogP contribution >= 0.6 is 0 Å². The van der Waals surface area contributed by atoms with Gasteiger partial charge in [0.1, 0.15) is 17.2 Å². The van der Waals surface area contributed by atoms with Crippen molar-refractivity contribution < 1.29 is 4.79 Å². The van der Waals surface area contributed by atoms with Crippen molar-refractivity contribution in [3.63, 3.8) is 0 Å². The van der Waals surface area contributed by atoms with Gasteiger partial charge >= 0.3 is 0 Å². The second-order valence-corrected chi connectivity index (χ2v) is 8.95. The van der Waals surface area contributed by atoms with E-state index in [0.717, 1.165) is 87.5 Å². The number of hydrogen-bond acceptors (Lipinski definition) is 5. The van der Waals surface area contributed by atoms with Crippen molar-refractivity contribution in [2.75, 3.05) is 31.1 Å². The molecule has 3 aliphatic rings. The van der Waals surface area contributed by atoms with Gasteiger partial charge in [-0.3, -0.25) is 4.79 Å². The molecule has 156 valence electrons. The second kappa shape index (κ2) is 6.82. The molecule has 0 spiro atoms. The first-order chi connectivity index (χ1) is 14.7. The number of hydrogen-bond donors (Lipinski definition) is 1. The number of fused-ring (bicyclic) bond motifs is 1. The molecule has 1 saturated carbocycles. The first kappa shape index (κ1) is 17.9. The largest absolute Gasteiger partial charge is 0.356 e. The highest BCUT2D eigenvalue weighted by atomic mass is 16.2. The molecule has 0 aromatic carbocycles. The van der Waals surface area contributed by atoms with Crippen molar-refractivity contribution in [1.82, 2.24) is 29.4 Å². The molecule has 2 aliphatic heterocycles. The van der Waals surface area contributed by atoms with E-state index in [4.69, 9.17) is 9.97 Å². The Balaban J connectivity index is 1.24. The van der Waals surface area contributed by atoms with Crippen LogP contribution in [0.4, 0.5) is 5.82 Å².